The van der Waals surface area contributed by atoms with Gasteiger partial charge in [0.2, 0.25) is 0 Å². The van der Waals surface area contributed by atoms with Crippen LogP contribution in [0.4, 0.5) is 0 Å². The molecule has 1 unspecified atom stereocenters. The molecule has 3 heteroatoms. The fourth-order valence-corrected chi connectivity index (χ4v) is 1.93. The molecule has 3 nitrogen and oxygen atoms in total. The molecule has 0 saturated carbocycles. The summed E-state index contributed by atoms with van der Waals surface area (Å²) in [5.74, 6) is -1.07. The lowest BCUT2D eigenvalue weighted by Crippen LogP contribution is -2.43. The minimum atomic E-state index is -1.24. The van der Waals surface area contributed by atoms with Crippen molar-refractivity contribution >= 4 is 5.97 Å². The van der Waals surface area contributed by atoms with E-state index in [4.69, 9.17) is 4.74 Å². The number of rotatable bonds is 5. The van der Waals surface area contributed by atoms with Crippen molar-refractivity contribution in [2.45, 2.75) is 26.4 Å². The number of carboxylic acids is 1. The van der Waals surface area contributed by atoms with Crippen molar-refractivity contribution in [3.8, 4) is 0 Å². The summed E-state index contributed by atoms with van der Waals surface area (Å²) in [6.45, 7) is 5.90. The zero-order valence-corrected chi connectivity index (χ0v) is 9.93. The van der Waals surface area contributed by atoms with Crippen LogP contribution in [0.5, 0.6) is 0 Å². The fraction of sp³-hybridized carbons (Fsp3) is 0.462. The molecule has 0 radical (unpaired) electrons. The molecule has 0 aliphatic rings. The smallest absolute Gasteiger partial charge is 0.340 e. The molecule has 0 saturated heterocycles. The highest BCUT2D eigenvalue weighted by Gasteiger charge is 2.44. The highest BCUT2D eigenvalue weighted by atomic mass is 16.5. The van der Waals surface area contributed by atoms with Gasteiger partial charge in [-0.1, -0.05) is 44.2 Å². The van der Waals surface area contributed by atoms with Gasteiger partial charge in [0.15, 0.2) is 5.60 Å². The molecule has 16 heavy (non-hydrogen) atoms. The maximum Gasteiger partial charge on any atom is 0.340 e. The van der Waals surface area contributed by atoms with Gasteiger partial charge in [0.1, 0.15) is 0 Å². The van der Waals surface area contributed by atoms with E-state index in [1.54, 1.807) is 12.1 Å². The topological polar surface area (TPSA) is 46.5 Å². The second kappa shape index (κ2) is 5.12. The zero-order valence-electron chi connectivity index (χ0n) is 9.93. The number of hydrogen-bond donors (Lipinski definition) is 1. The molecule has 1 rings (SSSR count). The Morgan fingerprint density at radius 1 is 1.38 bits per heavy atom. The predicted molar refractivity (Wildman–Crippen MR) is 62.2 cm³/mol. The van der Waals surface area contributed by atoms with Crippen LogP contribution in [0, 0.1) is 5.92 Å². The van der Waals surface area contributed by atoms with Crippen molar-refractivity contribution < 1.29 is 14.6 Å². The van der Waals surface area contributed by atoms with Crippen molar-refractivity contribution in [2.75, 3.05) is 6.61 Å². The number of benzene rings is 1. The molecular weight excluding hydrogens is 204 g/mol. The van der Waals surface area contributed by atoms with Gasteiger partial charge in [-0.15, -0.1) is 0 Å². The molecule has 0 amide bonds. The van der Waals surface area contributed by atoms with Crippen molar-refractivity contribution in [3.63, 3.8) is 0 Å². The molecule has 0 heterocycles. The summed E-state index contributed by atoms with van der Waals surface area (Å²) in [4.78, 5) is 11.5. The first-order chi connectivity index (χ1) is 7.55. The number of hydrogen-bond acceptors (Lipinski definition) is 2. The summed E-state index contributed by atoms with van der Waals surface area (Å²) in [6.07, 6.45) is 0. The van der Waals surface area contributed by atoms with Crippen molar-refractivity contribution in [1.29, 1.82) is 0 Å². The monoisotopic (exact) mass is 222 g/mol. The maximum atomic E-state index is 11.5. The van der Waals surface area contributed by atoms with Gasteiger partial charge in [0, 0.05) is 6.61 Å². The number of carboxylic acid groups (broad SMARTS) is 1. The van der Waals surface area contributed by atoms with Crippen LogP contribution in [0.3, 0.4) is 0 Å². The average molecular weight is 222 g/mol. The SMILES string of the molecule is CCOC(C(=O)O)(c1ccccc1)C(C)C. The predicted octanol–water partition coefficient (Wildman–Crippen LogP) is 2.66. The third-order valence-electron chi connectivity index (χ3n) is 2.71. The lowest BCUT2D eigenvalue weighted by atomic mass is 9.83. The Labute approximate surface area is 96.1 Å². The lowest BCUT2D eigenvalue weighted by molar-refractivity contribution is -0.174. The van der Waals surface area contributed by atoms with Crippen LogP contribution in [0.1, 0.15) is 26.3 Å². The van der Waals surface area contributed by atoms with Crippen molar-refractivity contribution in [2.24, 2.45) is 5.92 Å². The molecule has 0 aliphatic heterocycles. The molecule has 1 aromatic rings. The molecule has 0 fully saturated rings. The Morgan fingerprint density at radius 3 is 2.31 bits per heavy atom. The summed E-state index contributed by atoms with van der Waals surface area (Å²) in [7, 11) is 0. The van der Waals surface area contributed by atoms with E-state index >= 15 is 0 Å². The quantitative estimate of drug-likeness (QED) is 0.833. The molecule has 0 aromatic heterocycles. The Balaban J connectivity index is 3.27. The van der Waals surface area contributed by atoms with Gasteiger partial charge in [-0.25, -0.2) is 4.79 Å². The third kappa shape index (κ3) is 2.09. The van der Waals surface area contributed by atoms with E-state index in [1.807, 2.05) is 39.0 Å². The first-order valence-corrected chi connectivity index (χ1v) is 5.48. The van der Waals surface area contributed by atoms with E-state index < -0.39 is 11.6 Å². The Morgan fingerprint density at radius 2 is 1.94 bits per heavy atom. The molecule has 1 N–H and O–H groups in total. The van der Waals surface area contributed by atoms with Crippen LogP contribution in [0.25, 0.3) is 0 Å². The standard InChI is InChI=1S/C13H18O3/c1-4-16-13(10(2)3,12(14)15)11-8-6-5-7-9-11/h5-10H,4H2,1-3H3,(H,14,15). The Kier molecular flexibility index (Phi) is 4.07. The van der Waals surface area contributed by atoms with Crippen LogP contribution in [-0.2, 0) is 15.1 Å². The first kappa shape index (κ1) is 12.7. The van der Waals surface area contributed by atoms with Gasteiger partial charge in [-0.05, 0) is 18.4 Å². The number of ether oxygens (including phenoxy) is 1. The van der Waals surface area contributed by atoms with Gasteiger partial charge < -0.3 is 9.84 Å². The Bertz CT molecular complexity index is 345. The van der Waals surface area contributed by atoms with E-state index in [1.165, 1.54) is 0 Å². The second-order valence-electron chi connectivity index (χ2n) is 3.99. The third-order valence-corrected chi connectivity index (χ3v) is 2.71. The minimum Gasteiger partial charge on any atom is -0.479 e. The van der Waals surface area contributed by atoms with Crippen molar-refractivity contribution in [1.82, 2.24) is 0 Å². The van der Waals surface area contributed by atoms with Gasteiger partial charge in [-0.2, -0.15) is 0 Å². The maximum absolute atomic E-state index is 11.5. The number of aliphatic carboxylic acids is 1. The van der Waals surface area contributed by atoms with Crippen LogP contribution < -0.4 is 0 Å². The summed E-state index contributed by atoms with van der Waals surface area (Å²) in [6, 6.07) is 9.11. The minimum absolute atomic E-state index is 0.132. The average Bonchev–Trinajstić information content (AvgIpc) is 2.26. The first-order valence-electron chi connectivity index (χ1n) is 5.48. The lowest BCUT2D eigenvalue weighted by Gasteiger charge is -2.33. The van der Waals surface area contributed by atoms with E-state index in [2.05, 4.69) is 0 Å². The molecule has 0 bridgehead atoms. The van der Waals surface area contributed by atoms with Gasteiger partial charge in [0.25, 0.3) is 0 Å². The highest BCUT2D eigenvalue weighted by molar-refractivity contribution is 5.79. The van der Waals surface area contributed by atoms with Crippen LogP contribution in [-0.4, -0.2) is 17.7 Å². The summed E-state index contributed by atoms with van der Waals surface area (Å²) >= 11 is 0. The van der Waals surface area contributed by atoms with Gasteiger partial charge in [-0.3, -0.25) is 0 Å². The molecule has 88 valence electrons. The van der Waals surface area contributed by atoms with Crippen molar-refractivity contribution in [3.05, 3.63) is 35.9 Å². The van der Waals surface area contributed by atoms with E-state index in [0.717, 1.165) is 0 Å². The number of carbonyl (C=O) groups is 1. The molecule has 0 spiro atoms. The zero-order chi connectivity index (χ0) is 12.2. The summed E-state index contributed by atoms with van der Waals surface area (Å²) in [5.41, 5.74) is -0.546. The van der Waals surface area contributed by atoms with Crippen LogP contribution in [0.2, 0.25) is 0 Å². The van der Waals surface area contributed by atoms with Crippen LogP contribution in [0.15, 0.2) is 30.3 Å². The van der Waals surface area contributed by atoms with Gasteiger partial charge >= 0.3 is 5.97 Å². The summed E-state index contributed by atoms with van der Waals surface area (Å²) in [5, 5.41) is 9.45. The van der Waals surface area contributed by atoms with Crippen LogP contribution >= 0.6 is 0 Å². The fourth-order valence-electron chi connectivity index (χ4n) is 1.93. The summed E-state index contributed by atoms with van der Waals surface area (Å²) < 4.78 is 5.54. The van der Waals surface area contributed by atoms with Gasteiger partial charge in [0.05, 0.1) is 0 Å². The molecule has 1 atom stereocenters. The highest BCUT2D eigenvalue weighted by Crippen LogP contribution is 2.34. The molecule has 0 aliphatic carbocycles. The Hall–Kier alpha value is -1.35. The molecular formula is C13H18O3. The van der Waals surface area contributed by atoms with E-state index in [-0.39, 0.29) is 5.92 Å². The van der Waals surface area contributed by atoms with E-state index in [0.29, 0.717) is 12.2 Å². The second-order valence-corrected chi connectivity index (χ2v) is 3.99. The normalized spacial score (nSPS) is 14.8. The largest absolute Gasteiger partial charge is 0.479 e. The van der Waals surface area contributed by atoms with E-state index in [9.17, 15) is 9.90 Å². The molecule has 1 aromatic carbocycles.